The van der Waals surface area contributed by atoms with Crippen molar-refractivity contribution in [2.24, 2.45) is 12.0 Å². The minimum Gasteiger partial charge on any atom is -0.372 e. The second-order valence-electron chi connectivity index (χ2n) is 5.42. The first-order valence-corrected chi connectivity index (χ1v) is 8.32. The fraction of sp³-hybridized carbons (Fsp3) is 0.471. The summed E-state index contributed by atoms with van der Waals surface area (Å²) < 4.78 is 1.75. The van der Waals surface area contributed by atoms with Gasteiger partial charge in [-0.1, -0.05) is 18.2 Å². The molecule has 0 aliphatic rings. The second kappa shape index (κ2) is 9.54. The Morgan fingerprint density at radius 2 is 2.04 bits per heavy atom. The molecular weight excluding hydrogens is 302 g/mol. The number of aryl methyl sites for hydroxylation is 1. The molecular formula is C17H27N7. The molecule has 0 saturated heterocycles. The Morgan fingerprint density at radius 1 is 1.25 bits per heavy atom. The van der Waals surface area contributed by atoms with Gasteiger partial charge in [0.1, 0.15) is 12.2 Å². The molecule has 2 aromatic rings. The van der Waals surface area contributed by atoms with Crippen molar-refractivity contribution >= 4 is 11.6 Å². The number of anilines is 1. The topological polar surface area (TPSA) is 70.4 Å². The molecule has 0 unspecified atom stereocenters. The van der Waals surface area contributed by atoms with Crippen LogP contribution < -0.4 is 15.5 Å². The average molecular weight is 329 g/mol. The summed E-state index contributed by atoms with van der Waals surface area (Å²) in [5, 5.41) is 10.6. The van der Waals surface area contributed by atoms with Crippen LogP contribution in [0.1, 0.15) is 19.2 Å². The fourth-order valence-electron chi connectivity index (χ4n) is 2.45. The van der Waals surface area contributed by atoms with Crippen LogP contribution in [0.3, 0.4) is 0 Å². The van der Waals surface area contributed by atoms with Crippen molar-refractivity contribution in [2.45, 2.75) is 19.9 Å². The summed E-state index contributed by atoms with van der Waals surface area (Å²) in [6.45, 7) is 5.65. The normalized spacial score (nSPS) is 11.4. The van der Waals surface area contributed by atoms with E-state index in [0.29, 0.717) is 6.54 Å². The van der Waals surface area contributed by atoms with Gasteiger partial charge in [-0.25, -0.2) is 4.98 Å². The molecule has 1 aromatic heterocycles. The number of nitrogens with zero attached hydrogens (tertiary/aromatic N) is 5. The van der Waals surface area contributed by atoms with Gasteiger partial charge in [-0.05, 0) is 25.5 Å². The molecule has 2 rings (SSSR count). The van der Waals surface area contributed by atoms with Crippen LogP contribution in [0.5, 0.6) is 0 Å². The van der Waals surface area contributed by atoms with E-state index in [2.05, 4.69) is 61.8 Å². The number of aliphatic imine (C=N–C) groups is 1. The van der Waals surface area contributed by atoms with Crippen molar-refractivity contribution in [3.8, 4) is 0 Å². The van der Waals surface area contributed by atoms with Gasteiger partial charge in [-0.2, -0.15) is 5.10 Å². The number of para-hydroxylation sites is 1. The SMILES string of the molecule is CCN(CCCNC(=NC)NCc1ncnn1C)c1ccccc1. The summed E-state index contributed by atoms with van der Waals surface area (Å²) in [5.74, 6) is 1.65. The zero-order chi connectivity index (χ0) is 17.2. The second-order valence-corrected chi connectivity index (χ2v) is 5.42. The van der Waals surface area contributed by atoms with Crippen LogP contribution in [-0.4, -0.2) is 47.4 Å². The first-order valence-electron chi connectivity index (χ1n) is 8.32. The molecule has 0 aliphatic carbocycles. The van der Waals surface area contributed by atoms with Gasteiger partial charge in [0.2, 0.25) is 0 Å². The highest BCUT2D eigenvalue weighted by Crippen LogP contribution is 2.12. The number of rotatable bonds is 8. The van der Waals surface area contributed by atoms with E-state index in [0.717, 1.165) is 37.8 Å². The van der Waals surface area contributed by atoms with E-state index < -0.39 is 0 Å². The lowest BCUT2D eigenvalue weighted by Crippen LogP contribution is -2.38. The number of hydrogen-bond acceptors (Lipinski definition) is 4. The van der Waals surface area contributed by atoms with Crippen LogP contribution in [0.25, 0.3) is 0 Å². The Labute approximate surface area is 143 Å². The van der Waals surface area contributed by atoms with Crippen LogP contribution in [-0.2, 0) is 13.6 Å². The molecule has 0 amide bonds. The Balaban J connectivity index is 1.71. The number of benzene rings is 1. The van der Waals surface area contributed by atoms with E-state index in [1.54, 1.807) is 18.1 Å². The zero-order valence-electron chi connectivity index (χ0n) is 14.7. The number of nitrogens with one attached hydrogen (secondary N) is 2. The van der Waals surface area contributed by atoms with Crippen molar-refractivity contribution in [1.29, 1.82) is 0 Å². The highest BCUT2D eigenvalue weighted by Gasteiger charge is 2.05. The lowest BCUT2D eigenvalue weighted by molar-refractivity contribution is 0.666. The van der Waals surface area contributed by atoms with Gasteiger partial charge in [0, 0.05) is 39.4 Å². The van der Waals surface area contributed by atoms with E-state index in [-0.39, 0.29) is 0 Å². The third kappa shape index (κ3) is 5.26. The van der Waals surface area contributed by atoms with Crippen LogP contribution in [0.15, 0.2) is 41.7 Å². The molecule has 0 radical (unpaired) electrons. The number of aromatic nitrogens is 3. The van der Waals surface area contributed by atoms with Gasteiger partial charge in [0.25, 0.3) is 0 Å². The molecule has 0 fully saturated rings. The average Bonchev–Trinajstić information content (AvgIpc) is 3.03. The predicted octanol–water partition coefficient (Wildman–Crippen LogP) is 1.40. The molecule has 7 heteroatoms. The summed E-state index contributed by atoms with van der Waals surface area (Å²) in [7, 11) is 3.65. The van der Waals surface area contributed by atoms with E-state index in [9.17, 15) is 0 Å². The molecule has 2 N–H and O–H groups in total. The minimum atomic E-state index is 0.598. The Kier molecular flexibility index (Phi) is 7.07. The summed E-state index contributed by atoms with van der Waals surface area (Å²) >= 11 is 0. The van der Waals surface area contributed by atoms with Gasteiger partial charge < -0.3 is 15.5 Å². The Bertz CT molecular complexity index is 621. The minimum absolute atomic E-state index is 0.598. The largest absolute Gasteiger partial charge is 0.372 e. The standard InChI is InChI=1S/C17H27N7/c1-4-24(15-9-6-5-7-10-15)12-8-11-19-17(18-2)20-13-16-21-14-22-23(16)3/h5-7,9-10,14H,4,8,11-13H2,1-3H3,(H2,18,19,20). The van der Waals surface area contributed by atoms with E-state index in [4.69, 9.17) is 0 Å². The van der Waals surface area contributed by atoms with Gasteiger partial charge >= 0.3 is 0 Å². The molecule has 0 spiro atoms. The van der Waals surface area contributed by atoms with Crippen LogP contribution in [0.4, 0.5) is 5.69 Å². The fourth-order valence-corrected chi connectivity index (χ4v) is 2.45. The predicted molar refractivity (Wildman–Crippen MR) is 98.2 cm³/mol. The van der Waals surface area contributed by atoms with Crippen molar-refractivity contribution < 1.29 is 0 Å². The molecule has 0 saturated carbocycles. The third-order valence-corrected chi connectivity index (χ3v) is 3.84. The molecule has 0 atom stereocenters. The van der Waals surface area contributed by atoms with Gasteiger partial charge in [0.05, 0.1) is 6.54 Å². The Hall–Kier alpha value is -2.57. The summed E-state index contributed by atoms with van der Waals surface area (Å²) in [4.78, 5) is 10.8. The summed E-state index contributed by atoms with van der Waals surface area (Å²) in [6.07, 6.45) is 2.59. The van der Waals surface area contributed by atoms with Crippen molar-refractivity contribution in [3.63, 3.8) is 0 Å². The Morgan fingerprint density at radius 3 is 2.67 bits per heavy atom. The molecule has 24 heavy (non-hydrogen) atoms. The summed E-state index contributed by atoms with van der Waals surface area (Å²) in [5.41, 5.74) is 1.27. The monoisotopic (exact) mass is 329 g/mol. The summed E-state index contributed by atoms with van der Waals surface area (Å²) in [6, 6.07) is 10.5. The molecule has 0 aliphatic heterocycles. The van der Waals surface area contributed by atoms with Crippen molar-refractivity contribution in [2.75, 3.05) is 31.6 Å². The van der Waals surface area contributed by atoms with Gasteiger partial charge in [-0.15, -0.1) is 0 Å². The third-order valence-electron chi connectivity index (χ3n) is 3.84. The lowest BCUT2D eigenvalue weighted by atomic mass is 10.2. The quantitative estimate of drug-likeness (QED) is 0.435. The first-order chi connectivity index (χ1) is 11.7. The van der Waals surface area contributed by atoms with E-state index >= 15 is 0 Å². The smallest absolute Gasteiger partial charge is 0.191 e. The zero-order valence-corrected chi connectivity index (χ0v) is 14.7. The maximum Gasteiger partial charge on any atom is 0.191 e. The van der Waals surface area contributed by atoms with E-state index in [1.165, 1.54) is 5.69 Å². The van der Waals surface area contributed by atoms with Crippen LogP contribution >= 0.6 is 0 Å². The molecule has 7 nitrogen and oxygen atoms in total. The van der Waals surface area contributed by atoms with Crippen LogP contribution in [0, 0.1) is 0 Å². The molecule has 1 aromatic carbocycles. The number of hydrogen-bond donors (Lipinski definition) is 2. The first kappa shape index (κ1) is 17.8. The molecule has 0 bridgehead atoms. The maximum absolute atomic E-state index is 4.24. The van der Waals surface area contributed by atoms with Crippen molar-refractivity contribution in [1.82, 2.24) is 25.4 Å². The maximum atomic E-state index is 4.24. The van der Waals surface area contributed by atoms with E-state index in [1.807, 2.05) is 13.1 Å². The van der Waals surface area contributed by atoms with Crippen LogP contribution in [0.2, 0.25) is 0 Å². The van der Waals surface area contributed by atoms with Gasteiger partial charge in [0.15, 0.2) is 5.96 Å². The van der Waals surface area contributed by atoms with Gasteiger partial charge in [-0.3, -0.25) is 9.67 Å². The highest BCUT2D eigenvalue weighted by molar-refractivity contribution is 5.79. The molecule has 130 valence electrons. The highest BCUT2D eigenvalue weighted by atomic mass is 15.3. The molecule has 1 heterocycles. The van der Waals surface area contributed by atoms with Crippen molar-refractivity contribution in [3.05, 3.63) is 42.5 Å². The number of guanidine groups is 1. The lowest BCUT2D eigenvalue weighted by Gasteiger charge is -2.23.